The number of nitrogens with zero attached hydrogens (tertiary/aromatic N) is 1. The molecular formula is C10H21N2. The molecule has 0 unspecified atom stereocenters. The highest BCUT2D eigenvalue weighted by molar-refractivity contribution is 4.76. The minimum Gasteiger partial charge on any atom is -0.287 e. The number of hydrogen-bond donors (Lipinski definition) is 0. The van der Waals surface area contributed by atoms with Crippen LogP contribution in [0, 0.1) is 0 Å². The van der Waals surface area contributed by atoms with E-state index in [1.165, 1.54) is 38.5 Å². The van der Waals surface area contributed by atoms with E-state index in [0.29, 0.717) is 6.67 Å². The van der Waals surface area contributed by atoms with Gasteiger partial charge in [-0.2, -0.15) is 0 Å². The van der Waals surface area contributed by atoms with Crippen molar-refractivity contribution in [3.63, 3.8) is 0 Å². The zero-order chi connectivity index (χ0) is 8.81. The first-order chi connectivity index (χ1) is 5.88. The van der Waals surface area contributed by atoms with Crippen LogP contribution < -0.4 is 5.73 Å². The summed E-state index contributed by atoms with van der Waals surface area (Å²) in [6.45, 7) is 3.87. The molecular weight excluding hydrogens is 148 g/mol. The highest BCUT2D eigenvalue weighted by Crippen LogP contribution is 2.23. The van der Waals surface area contributed by atoms with Crippen LogP contribution in [-0.4, -0.2) is 24.2 Å². The van der Waals surface area contributed by atoms with Gasteiger partial charge in [0.05, 0.1) is 6.67 Å². The SMILES string of the molecule is CCCCN(C[NH])C1CCCC1. The number of hydrogen-bond acceptors (Lipinski definition) is 1. The fourth-order valence-electron chi connectivity index (χ4n) is 2.02. The zero-order valence-electron chi connectivity index (χ0n) is 8.18. The molecule has 0 aromatic carbocycles. The van der Waals surface area contributed by atoms with Crippen molar-refractivity contribution in [2.45, 2.75) is 51.5 Å². The summed E-state index contributed by atoms with van der Waals surface area (Å²) in [7, 11) is 0. The van der Waals surface area contributed by atoms with E-state index in [2.05, 4.69) is 11.8 Å². The highest BCUT2D eigenvalue weighted by Gasteiger charge is 2.20. The maximum Gasteiger partial charge on any atom is 0.0617 e. The Hall–Kier alpha value is -0.0800. The second-order valence-electron chi connectivity index (χ2n) is 3.76. The molecule has 0 heterocycles. The van der Waals surface area contributed by atoms with Crippen LogP contribution in [0.4, 0.5) is 0 Å². The Morgan fingerprint density at radius 3 is 2.50 bits per heavy atom. The molecule has 2 heteroatoms. The summed E-state index contributed by atoms with van der Waals surface area (Å²) in [5.74, 6) is 0. The van der Waals surface area contributed by atoms with Crippen LogP contribution in [0.3, 0.4) is 0 Å². The molecule has 0 aromatic rings. The summed E-state index contributed by atoms with van der Waals surface area (Å²) in [5, 5.41) is 0. The second kappa shape index (κ2) is 5.55. The van der Waals surface area contributed by atoms with Crippen LogP contribution >= 0.6 is 0 Å². The van der Waals surface area contributed by atoms with Crippen LogP contribution in [0.15, 0.2) is 0 Å². The van der Waals surface area contributed by atoms with Gasteiger partial charge in [-0.3, -0.25) is 4.90 Å². The summed E-state index contributed by atoms with van der Waals surface area (Å²) in [5.41, 5.74) is 7.43. The lowest BCUT2D eigenvalue weighted by molar-refractivity contribution is 0.197. The first kappa shape index (κ1) is 10.0. The van der Waals surface area contributed by atoms with Gasteiger partial charge < -0.3 is 0 Å². The van der Waals surface area contributed by atoms with E-state index in [1.807, 2.05) is 0 Å². The van der Waals surface area contributed by atoms with Gasteiger partial charge in [-0.15, -0.1) is 0 Å². The average molecular weight is 169 g/mol. The van der Waals surface area contributed by atoms with Gasteiger partial charge in [-0.25, -0.2) is 5.73 Å². The van der Waals surface area contributed by atoms with Gasteiger partial charge >= 0.3 is 0 Å². The largest absolute Gasteiger partial charge is 0.287 e. The predicted molar refractivity (Wildman–Crippen MR) is 51.8 cm³/mol. The smallest absolute Gasteiger partial charge is 0.0617 e. The summed E-state index contributed by atoms with van der Waals surface area (Å²) in [6.07, 6.45) is 7.95. The molecule has 1 saturated carbocycles. The molecule has 0 saturated heterocycles. The van der Waals surface area contributed by atoms with Crippen LogP contribution in [-0.2, 0) is 0 Å². The summed E-state index contributed by atoms with van der Waals surface area (Å²) >= 11 is 0. The third-order valence-corrected chi connectivity index (χ3v) is 2.84. The van der Waals surface area contributed by atoms with Crippen molar-refractivity contribution in [3.8, 4) is 0 Å². The average Bonchev–Trinajstić information content (AvgIpc) is 2.59. The van der Waals surface area contributed by atoms with Crippen LogP contribution in [0.5, 0.6) is 0 Å². The van der Waals surface area contributed by atoms with Gasteiger partial charge in [0, 0.05) is 6.04 Å². The van der Waals surface area contributed by atoms with E-state index in [4.69, 9.17) is 5.73 Å². The Balaban J connectivity index is 2.22. The third-order valence-electron chi connectivity index (χ3n) is 2.84. The van der Waals surface area contributed by atoms with Crippen molar-refractivity contribution in [2.24, 2.45) is 0 Å². The lowest BCUT2D eigenvalue weighted by atomic mass is 10.2. The number of unbranched alkanes of at least 4 members (excludes halogenated alkanes) is 1. The maximum atomic E-state index is 7.43. The molecule has 1 fully saturated rings. The molecule has 1 rings (SSSR count). The number of nitrogens with one attached hydrogen (secondary N) is 1. The molecule has 1 radical (unpaired) electrons. The fraction of sp³-hybridized carbons (Fsp3) is 1.00. The summed E-state index contributed by atoms with van der Waals surface area (Å²) in [4.78, 5) is 2.34. The highest BCUT2D eigenvalue weighted by atomic mass is 15.2. The Labute approximate surface area is 76.1 Å². The molecule has 71 valence electrons. The van der Waals surface area contributed by atoms with Gasteiger partial charge in [0.1, 0.15) is 0 Å². The minimum absolute atomic E-state index is 0.505. The van der Waals surface area contributed by atoms with Crippen molar-refractivity contribution < 1.29 is 0 Å². The Kier molecular flexibility index (Phi) is 4.62. The van der Waals surface area contributed by atoms with E-state index >= 15 is 0 Å². The molecule has 1 aliphatic rings. The Morgan fingerprint density at radius 1 is 1.33 bits per heavy atom. The predicted octanol–water partition coefficient (Wildman–Crippen LogP) is 2.27. The summed E-state index contributed by atoms with van der Waals surface area (Å²) in [6, 6.07) is 0.744. The van der Waals surface area contributed by atoms with Crippen molar-refractivity contribution in [1.82, 2.24) is 10.6 Å². The molecule has 0 aliphatic heterocycles. The van der Waals surface area contributed by atoms with E-state index in [9.17, 15) is 0 Å². The van der Waals surface area contributed by atoms with Gasteiger partial charge in [-0.1, -0.05) is 26.2 Å². The molecule has 0 spiro atoms. The van der Waals surface area contributed by atoms with Crippen LogP contribution in [0.1, 0.15) is 45.4 Å². The molecule has 0 atom stereocenters. The molecule has 12 heavy (non-hydrogen) atoms. The van der Waals surface area contributed by atoms with Crippen molar-refractivity contribution in [3.05, 3.63) is 0 Å². The van der Waals surface area contributed by atoms with Crippen LogP contribution in [0.2, 0.25) is 0 Å². The van der Waals surface area contributed by atoms with Gasteiger partial charge in [-0.05, 0) is 25.8 Å². The van der Waals surface area contributed by atoms with Crippen LogP contribution in [0.25, 0.3) is 0 Å². The quantitative estimate of drug-likeness (QED) is 0.620. The van der Waals surface area contributed by atoms with Gasteiger partial charge in [0.15, 0.2) is 0 Å². The third kappa shape index (κ3) is 2.76. The van der Waals surface area contributed by atoms with Crippen molar-refractivity contribution in [1.29, 1.82) is 0 Å². The Morgan fingerprint density at radius 2 is 2.00 bits per heavy atom. The second-order valence-corrected chi connectivity index (χ2v) is 3.76. The standard InChI is InChI=1S/C10H21N2/c1-2-3-8-12(9-11)10-6-4-5-7-10/h10-11H,2-9H2,1H3. The maximum absolute atomic E-state index is 7.43. The number of rotatable bonds is 5. The van der Waals surface area contributed by atoms with Crippen molar-refractivity contribution in [2.75, 3.05) is 13.2 Å². The van der Waals surface area contributed by atoms with Crippen molar-refractivity contribution >= 4 is 0 Å². The summed E-state index contributed by atoms with van der Waals surface area (Å²) < 4.78 is 0. The monoisotopic (exact) mass is 169 g/mol. The minimum atomic E-state index is 0.505. The normalized spacial score (nSPS) is 19.2. The molecule has 0 bridgehead atoms. The zero-order valence-corrected chi connectivity index (χ0v) is 8.18. The molecule has 0 aromatic heterocycles. The molecule has 1 N–H and O–H groups in total. The molecule has 1 aliphatic carbocycles. The van der Waals surface area contributed by atoms with E-state index in [1.54, 1.807) is 0 Å². The topological polar surface area (TPSA) is 27.0 Å². The lowest BCUT2D eigenvalue weighted by Crippen LogP contribution is -2.35. The van der Waals surface area contributed by atoms with Gasteiger partial charge in [0.2, 0.25) is 0 Å². The fourth-order valence-corrected chi connectivity index (χ4v) is 2.02. The van der Waals surface area contributed by atoms with E-state index in [-0.39, 0.29) is 0 Å². The molecule has 0 amide bonds. The van der Waals surface area contributed by atoms with E-state index < -0.39 is 0 Å². The van der Waals surface area contributed by atoms with E-state index in [0.717, 1.165) is 12.6 Å². The lowest BCUT2D eigenvalue weighted by Gasteiger charge is -2.26. The van der Waals surface area contributed by atoms with Gasteiger partial charge in [0.25, 0.3) is 0 Å². The first-order valence-electron chi connectivity index (χ1n) is 5.27. The Bertz CT molecular complexity index is 108. The first-order valence-corrected chi connectivity index (χ1v) is 5.27. The molecule has 2 nitrogen and oxygen atoms in total.